The summed E-state index contributed by atoms with van der Waals surface area (Å²) in [6, 6.07) is 8.08. The first-order valence-electron chi connectivity index (χ1n) is 7.36. The standard InChI is InChI=1S/C16H20N2OS/c1-2-8-16(9-5-10-17-16)14(19)11-15-18-12-6-3-4-7-13(12)20-15/h3-4,6-7,17H,2,5,8-11H2,1H3. The van der Waals surface area contributed by atoms with E-state index in [4.69, 9.17) is 0 Å². The van der Waals surface area contributed by atoms with Crippen LogP contribution in [0.4, 0.5) is 0 Å². The van der Waals surface area contributed by atoms with Crippen molar-refractivity contribution in [1.29, 1.82) is 0 Å². The molecule has 2 heterocycles. The van der Waals surface area contributed by atoms with Gasteiger partial charge in [0.05, 0.1) is 22.2 Å². The summed E-state index contributed by atoms with van der Waals surface area (Å²) >= 11 is 1.64. The highest BCUT2D eigenvalue weighted by atomic mass is 32.1. The highest BCUT2D eigenvalue weighted by molar-refractivity contribution is 7.18. The molecule has 1 saturated heterocycles. The van der Waals surface area contributed by atoms with Crippen molar-refractivity contribution >= 4 is 27.3 Å². The molecule has 1 unspecified atom stereocenters. The Kier molecular flexibility index (Phi) is 3.85. The molecule has 1 N–H and O–H groups in total. The van der Waals surface area contributed by atoms with Crippen LogP contribution in [0.25, 0.3) is 10.2 Å². The maximum atomic E-state index is 12.7. The highest BCUT2D eigenvalue weighted by Crippen LogP contribution is 2.29. The zero-order valence-electron chi connectivity index (χ0n) is 11.8. The van der Waals surface area contributed by atoms with Gasteiger partial charge in [-0.05, 0) is 37.9 Å². The lowest BCUT2D eigenvalue weighted by Crippen LogP contribution is -2.48. The number of hydrogen-bond donors (Lipinski definition) is 1. The molecule has 0 spiro atoms. The van der Waals surface area contributed by atoms with Crippen molar-refractivity contribution in [2.45, 2.75) is 44.6 Å². The van der Waals surface area contributed by atoms with E-state index in [0.29, 0.717) is 12.2 Å². The van der Waals surface area contributed by atoms with Gasteiger partial charge in [0, 0.05) is 0 Å². The van der Waals surface area contributed by atoms with Crippen LogP contribution < -0.4 is 5.32 Å². The van der Waals surface area contributed by atoms with Gasteiger partial charge in [0.15, 0.2) is 5.78 Å². The van der Waals surface area contributed by atoms with Crippen molar-refractivity contribution in [2.24, 2.45) is 0 Å². The fraction of sp³-hybridized carbons (Fsp3) is 0.500. The molecule has 2 aromatic rings. The Labute approximate surface area is 123 Å². The van der Waals surface area contributed by atoms with E-state index < -0.39 is 0 Å². The Morgan fingerprint density at radius 3 is 3.00 bits per heavy atom. The number of rotatable bonds is 5. The van der Waals surface area contributed by atoms with E-state index in [1.54, 1.807) is 11.3 Å². The minimum atomic E-state index is -0.285. The molecule has 1 aromatic heterocycles. The van der Waals surface area contributed by atoms with Crippen LogP contribution in [0, 0.1) is 0 Å². The molecule has 0 amide bonds. The topological polar surface area (TPSA) is 42.0 Å². The Morgan fingerprint density at radius 2 is 2.30 bits per heavy atom. The summed E-state index contributed by atoms with van der Waals surface area (Å²) in [6.07, 6.45) is 4.53. The third-order valence-electron chi connectivity index (χ3n) is 4.10. The number of thiazole rings is 1. The van der Waals surface area contributed by atoms with E-state index in [9.17, 15) is 4.79 Å². The Hall–Kier alpha value is -1.26. The summed E-state index contributed by atoms with van der Waals surface area (Å²) in [5.41, 5.74) is 0.719. The minimum absolute atomic E-state index is 0.285. The fourth-order valence-electron chi connectivity index (χ4n) is 3.13. The molecule has 4 heteroatoms. The number of Topliss-reactive ketones (excluding diaryl/α,β-unsaturated/α-hetero) is 1. The zero-order chi connectivity index (χ0) is 14.0. The number of aromatic nitrogens is 1. The van der Waals surface area contributed by atoms with Crippen LogP contribution in [-0.4, -0.2) is 22.9 Å². The molecule has 20 heavy (non-hydrogen) atoms. The molecular weight excluding hydrogens is 268 g/mol. The Morgan fingerprint density at radius 1 is 1.45 bits per heavy atom. The largest absolute Gasteiger partial charge is 0.305 e. The van der Waals surface area contributed by atoms with Gasteiger partial charge in [-0.2, -0.15) is 0 Å². The Bertz CT molecular complexity index is 581. The third-order valence-corrected chi connectivity index (χ3v) is 5.14. The molecule has 0 saturated carbocycles. The number of benzene rings is 1. The first-order valence-corrected chi connectivity index (χ1v) is 8.18. The lowest BCUT2D eigenvalue weighted by atomic mass is 9.86. The first-order chi connectivity index (χ1) is 9.73. The molecule has 3 rings (SSSR count). The molecular formula is C16H20N2OS. The normalized spacial score (nSPS) is 22.4. The average Bonchev–Trinajstić information content (AvgIpc) is 3.05. The molecule has 1 aliphatic heterocycles. The van der Waals surface area contributed by atoms with Crippen LogP contribution in [0.3, 0.4) is 0 Å². The predicted octanol–water partition coefficient (Wildman–Crippen LogP) is 3.33. The lowest BCUT2D eigenvalue weighted by Gasteiger charge is -2.27. The molecule has 3 nitrogen and oxygen atoms in total. The van der Waals surface area contributed by atoms with E-state index in [0.717, 1.165) is 42.8 Å². The van der Waals surface area contributed by atoms with Gasteiger partial charge in [-0.1, -0.05) is 25.5 Å². The van der Waals surface area contributed by atoms with Crippen molar-refractivity contribution < 1.29 is 4.79 Å². The van der Waals surface area contributed by atoms with E-state index in [2.05, 4.69) is 23.3 Å². The second kappa shape index (κ2) is 5.62. The van der Waals surface area contributed by atoms with E-state index >= 15 is 0 Å². The summed E-state index contributed by atoms with van der Waals surface area (Å²) in [5, 5.41) is 4.40. The van der Waals surface area contributed by atoms with Crippen LogP contribution in [-0.2, 0) is 11.2 Å². The zero-order valence-corrected chi connectivity index (χ0v) is 12.6. The highest BCUT2D eigenvalue weighted by Gasteiger charge is 2.39. The maximum absolute atomic E-state index is 12.7. The van der Waals surface area contributed by atoms with Crippen molar-refractivity contribution in [3.63, 3.8) is 0 Å². The van der Waals surface area contributed by atoms with Gasteiger partial charge in [-0.3, -0.25) is 4.79 Å². The van der Waals surface area contributed by atoms with E-state index in [-0.39, 0.29) is 5.54 Å². The van der Waals surface area contributed by atoms with Gasteiger partial charge < -0.3 is 5.32 Å². The second-order valence-corrected chi connectivity index (χ2v) is 6.65. The van der Waals surface area contributed by atoms with Crippen molar-refractivity contribution in [3.8, 4) is 0 Å². The molecule has 1 atom stereocenters. The number of carbonyl (C=O) groups is 1. The summed E-state index contributed by atoms with van der Waals surface area (Å²) in [4.78, 5) is 17.3. The van der Waals surface area contributed by atoms with Gasteiger partial charge >= 0.3 is 0 Å². The molecule has 0 radical (unpaired) electrons. The van der Waals surface area contributed by atoms with Gasteiger partial charge in [0.25, 0.3) is 0 Å². The quantitative estimate of drug-likeness (QED) is 0.917. The average molecular weight is 288 g/mol. The van der Waals surface area contributed by atoms with E-state index in [1.165, 1.54) is 4.70 Å². The van der Waals surface area contributed by atoms with Crippen LogP contribution in [0.15, 0.2) is 24.3 Å². The second-order valence-electron chi connectivity index (χ2n) is 5.54. The monoisotopic (exact) mass is 288 g/mol. The van der Waals surface area contributed by atoms with Gasteiger partial charge in [-0.15, -0.1) is 11.3 Å². The lowest BCUT2D eigenvalue weighted by molar-refractivity contribution is -0.124. The van der Waals surface area contributed by atoms with Gasteiger partial charge in [0.2, 0.25) is 0 Å². The first kappa shape index (κ1) is 13.7. The van der Waals surface area contributed by atoms with Crippen molar-refractivity contribution in [1.82, 2.24) is 10.3 Å². The number of para-hydroxylation sites is 1. The summed E-state index contributed by atoms with van der Waals surface area (Å²) in [6.45, 7) is 3.11. The van der Waals surface area contributed by atoms with Crippen LogP contribution >= 0.6 is 11.3 Å². The predicted molar refractivity (Wildman–Crippen MR) is 83.2 cm³/mol. The van der Waals surface area contributed by atoms with Crippen LogP contribution in [0.5, 0.6) is 0 Å². The smallest absolute Gasteiger partial charge is 0.159 e. The van der Waals surface area contributed by atoms with Gasteiger partial charge in [-0.25, -0.2) is 4.98 Å². The van der Waals surface area contributed by atoms with Gasteiger partial charge in [0.1, 0.15) is 5.01 Å². The molecule has 106 valence electrons. The number of nitrogens with one attached hydrogen (secondary N) is 1. The summed E-state index contributed by atoms with van der Waals surface area (Å²) < 4.78 is 1.17. The summed E-state index contributed by atoms with van der Waals surface area (Å²) in [7, 11) is 0. The van der Waals surface area contributed by atoms with E-state index in [1.807, 2.05) is 18.2 Å². The molecule has 1 fully saturated rings. The number of hydrogen-bond acceptors (Lipinski definition) is 4. The molecule has 0 bridgehead atoms. The number of ketones is 1. The third kappa shape index (κ3) is 2.50. The Balaban J connectivity index is 1.80. The number of nitrogens with zero attached hydrogens (tertiary/aromatic N) is 1. The SMILES string of the molecule is CCCC1(C(=O)Cc2nc3ccccc3s2)CCCN1. The summed E-state index contributed by atoms with van der Waals surface area (Å²) in [5.74, 6) is 0.316. The van der Waals surface area contributed by atoms with Crippen LogP contribution in [0.2, 0.25) is 0 Å². The molecule has 1 aromatic carbocycles. The maximum Gasteiger partial charge on any atom is 0.159 e. The van der Waals surface area contributed by atoms with Crippen molar-refractivity contribution in [2.75, 3.05) is 6.54 Å². The minimum Gasteiger partial charge on any atom is -0.305 e. The van der Waals surface area contributed by atoms with Crippen LogP contribution in [0.1, 0.15) is 37.6 Å². The number of carbonyl (C=O) groups excluding carboxylic acids is 1. The molecule has 1 aliphatic rings. The van der Waals surface area contributed by atoms with Crippen molar-refractivity contribution in [3.05, 3.63) is 29.3 Å². The molecule has 0 aliphatic carbocycles. The fourth-order valence-corrected chi connectivity index (χ4v) is 4.09. The number of fused-ring (bicyclic) bond motifs is 1.